The Morgan fingerprint density at radius 2 is 2.14 bits per heavy atom. The Kier molecular flexibility index (Phi) is 6.11. The molecular weight excluding hydrogens is 464 g/mol. The molecule has 1 N–H and O–H groups in total. The molecule has 0 amide bonds. The SMILES string of the molecule is CCNC(c1cc(Cl)ccc1I)c1c(Br)cnn1C(C)C. The predicted octanol–water partition coefficient (Wildman–Crippen LogP) is 5.18. The smallest absolute Gasteiger partial charge is 0.0770 e. The largest absolute Gasteiger partial charge is 0.305 e. The van der Waals surface area contributed by atoms with Gasteiger partial charge in [-0.05, 0) is 82.7 Å². The summed E-state index contributed by atoms with van der Waals surface area (Å²) < 4.78 is 4.25. The van der Waals surface area contributed by atoms with Crippen LogP contribution in [0.15, 0.2) is 28.9 Å². The molecule has 0 aliphatic rings. The Balaban J connectivity index is 2.59. The van der Waals surface area contributed by atoms with E-state index in [4.69, 9.17) is 11.6 Å². The molecule has 114 valence electrons. The maximum absolute atomic E-state index is 6.20. The van der Waals surface area contributed by atoms with Crippen LogP contribution in [0.25, 0.3) is 0 Å². The van der Waals surface area contributed by atoms with Crippen LogP contribution < -0.4 is 5.32 Å². The van der Waals surface area contributed by atoms with Gasteiger partial charge in [0, 0.05) is 14.6 Å². The van der Waals surface area contributed by atoms with E-state index in [1.54, 1.807) is 0 Å². The van der Waals surface area contributed by atoms with E-state index < -0.39 is 0 Å². The molecule has 1 aromatic heterocycles. The molecule has 0 bridgehead atoms. The molecule has 1 heterocycles. The van der Waals surface area contributed by atoms with E-state index in [1.165, 1.54) is 9.13 Å². The van der Waals surface area contributed by atoms with Gasteiger partial charge in [-0.1, -0.05) is 18.5 Å². The second-order valence-corrected chi connectivity index (χ2v) is 7.53. The highest BCUT2D eigenvalue weighted by Crippen LogP contribution is 2.33. The fourth-order valence-corrected chi connectivity index (χ4v) is 3.66. The Morgan fingerprint density at radius 1 is 1.43 bits per heavy atom. The summed E-state index contributed by atoms with van der Waals surface area (Å²) in [5.41, 5.74) is 2.31. The third kappa shape index (κ3) is 3.81. The highest BCUT2D eigenvalue weighted by atomic mass is 127. The maximum Gasteiger partial charge on any atom is 0.0770 e. The minimum atomic E-state index is 0.0554. The number of nitrogens with zero attached hydrogens (tertiary/aromatic N) is 2. The zero-order chi connectivity index (χ0) is 15.6. The Hall–Kier alpha value is -0.110. The molecule has 6 heteroatoms. The standard InChI is InChI=1S/C15H18BrClIN3/c1-4-19-14(11-7-10(17)5-6-13(11)18)15-12(16)8-20-21(15)9(2)3/h5-9,14,19H,4H2,1-3H3. The molecule has 1 unspecified atom stereocenters. The lowest BCUT2D eigenvalue weighted by Crippen LogP contribution is -2.26. The Morgan fingerprint density at radius 3 is 2.76 bits per heavy atom. The summed E-state index contributed by atoms with van der Waals surface area (Å²) in [5.74, 6) is 0. The number of hydrogen-bond acceptors (Lipinski definition) is 2. The maximum atomic E-state index is 6.20. The normalized spacial score (nSPS) is 12.9. The van der Waals surface area contributed by atoms with Gasteiger partial charge in [0.1, 0.15) is 0 Å². The second kappa shape index (κ2) is 7.44. The average Bonchev–Trinajstić information content (AvgIpc) is 2.81. The van der Waals surface area contributed by atoms with Crippen molar-refractivity contribution >= 4 is 50.1 Å². The topological polar surface area (TPSA) is 29.9 Å². The summed E-state index contributed by atoms with van der Waals surface area (Å²) in [5, 5.41) is 8.79. The van der Waals surface area contributed by atoms with E-state index in [1.807, 2.05) is 29.1 Å². The van der Waals surface area contributed by atoms with Crippen LogP contribution in [-0.4, -0.2) is 16.3 Å². The number of nitrogens with one attached hydrogen (secondary N) is 1. The van der Waals surface area contributed by atoms with Crippen LogP contribution in [0.3, 0.4) is 0 Å². The highest BCUT2D eigenvalue weighted by Gasteiger charge is 2.24. The second-order valence-electron chi connectivity index (χ2n) is 5.07. The van der Waals surface area contributed by atoms with Crippen LogP contribution in [0.1, 0.15) is 44.1 Å². The van der Waals surface area contributed by atoms with E-state index >= 15 is 0 Å². The fourth-order valence-electron chi connectivity index (χ4n) is 2.33. The molecule has 1 atom stereocenters. The quantitative estimate of drug-likeness (QED) is 0.595. The first-order valence-corrected chi connectivity index (χ1v) is 9.11. The molecule has 0 radical (unpaired) electrons. The van der Waals surface area contributed by atoms with Gasteiger partial charge in [-0.15, -0.1) is 0 Å². The lowest BCUT2D eigenvalue weighted by molar-refractivity contribution is 0.474. The molecular formula is C15H18BrClIN3. The van der Waals surface area contributed by atoms with Crippen LogP contribution in [0.4, 0.5) is 0 Å². The zero-order valence-electron chi connectivity index (χ0n) is 12.2. The minimum absolute atomic E-state index is 0.0554. The van der Waals surface area contributed by atoms with Gasteiger partial charge in [0.25, 0.3) is 0 Å². The first-order valence-electron chi connectivity index (χ1n) is 6.87. The summed E-state index contributed by atoms with van der Waals surface area (Å²) >= 11 is 12.2. The average molecular weight is 483 g/mol. The van der Waals surface area contributed by atoms with Gasteiger partial charge >= 0.3 is 0 Å². The summed E-state index contributed by atoms with van der Waals surface area (Å²) in [4.78, 5) is 0. The van der Waals surface area contributed by atoms with Gasteiger partial charge in [-0.25, -0.2) is 0 Å². The number of aromatic nitrogens is 2. The van der Waals surface area contributed by atoms with Crippen LogP contribution in [0, 0.1) is 3.57 Å². The molecule has 0 saturated heterocycles. The van der Waals surface area contributed by atoms with Crippen molar-refractivity contribution in [1.29, 1.82) is 0 Å². The van der Waals surface area contributed by atoms with Crippen molar-refractivity contribution in [2.24, 2.45) is 0 Å². The third-order valence-corrected chi connectivity index (χ3v) is 5.06. The van der Waals surface area contributed by atoms with E-state index in [0.29, 0.717) is 6.04 Å². The monoisotopic (exact) mass is 481 g/mol. The molecule has 0 spiro atoms. The van der Waals surface area contributed by atoms with Gasteiger partial charge in [-0.2, -0.15) is 5.10 Å². The number of benzene rings is 1. The predicted molar refractivity (Wildman–Crippen MR) is 100 cm³/mol. The third-order valence-electron chi connectivity index (χ3n) is 3.23. The van der Waals surface area contributed by atoms with Gasteiger partial charge in [-0.3, -0.25) is 4.68 Å². The lowest BCUT2D eigenvalue weighted by atomic mass is 10.0. The molecule has 3 nitrogen and oxygen atoms in total. The van der Waals surface area contributed by atoms with Gasteiger partial charge in [0.15, 0.2) is 0 Å². The Labute approximate surface area is 152 Å². The van der Waals surface area contributed by atoms with Gasteiger partial charge < -0.3 is 5.32 Å². The summed E-state index contributed by atoms with van der Waals surface area (Å²) in [6, 6.07) is 6.35. The van der Waals surface area contributed by atoms with Crippen molar-refractivity contribution in [2.45, 2.75) is 32.9 Å². The first-order chi connectivity index (χ1) is 9.95. The zero-order valence-corrected chi connectivity index (χ0v) is 16.7. The van der Waals surface area contributed by atoms with E-state index in [9.17, 15) is 0 Å². The van der Waals surface area contributed by atoms with Gasteiger partial charge in [0.2, 0.25) is 0 Å². The fraction of sp³-hybridized carbons (Fsp3) is 0.400. The van der Waals surface area contributed by atoms with Crippen molar-refractivity contribution in [3.05, 3.63) is 48.7 Å². The minimum Gasteiger partial charge on any atom is -0.305 e. The molecule has 2 rings (SSSR count). The van der Waals surface area contributed by atoms with E-state index in [0.717, 1.165) is 21.7 Å². The summed E-state index contributed by atoms with van der Waals surface area (Å²) in [7, 11) is 0. The van der Waals surface area contributed by atoms with Crippen molar-refractivity contribution in [2.75, 3.05) is 6.54 Å². The number of hydrogen-bond donors (Lipinski definition) is 1. The Bertz CT molecular complexity index is 627. The van der Waals surface area contributed by atoms with Crippen molar-refractivity contribution in [1.82, 2.24) is 15.1 Å². The molecule has 2 aromatic rings. The number of rotatable bonds is 5. The van der Waals surface area contributed by atoms with E-state index in [-0.39, 0.29) is 6.04 Å². The lowest BCUT2D eigenvalue weighted by Gasteiger charge is -2.23. The van der Waals surface area contributed by atoms with Crippen LogP contribution in [0.5, 0.6) is 0 Å². The molecule has 0 aliphatic carbocycles. The molecule has 0 aliphatic heterocycles. The molecule has 0 fully saturated rings. The highest BCUT2D eigenvalue weighted by molar-refractivity contribution is 14.1. The van der Waals surface area contributed by atoms with Crippen LogP contribution in [-0.2, 0) is 0 Å². The molecule has 21 heavy (non-hydrogen) atoms. The van der Waals surface area contributed by atoms with Crippen LogP contribution in [0.2, 0.25) is 5.02 Å². The molecule has 1 aromatic carbocycles. The summed E-state index contributed by atoms with van der Waals surface area (Å²) in [6.45, 7) is 7.24. The number of halogens is 3. The first kappa shape index (κ1) is 17.2. The van der Waals surface area contributed by atoms with Crippen molar-refractivity contribution in [3.63, 3.8) is 0 Å². The van der Waals surface area contributed by atoms with Gasteiger partial charge in [0.05, 0.1) is 22.4 Å². The van der Waals surface area contributed by atoms with Crippen molar-refractivity contribution < 1.29 is 0 Å². The summed E-state index contributed by atoms with van der Waals surface area (Å²) in [6.07, 6.45) is 1.86. The van der Waals surface area contributed by atoms with Crippen LogP contribution >= 0.6 is 50.1 Å². The molecule has 0 saturated carbocycles. The van der Waals surface area contributed by atoms with Crippen molar-refractivity contribution in [3.8, 4) is 0 Å². The van der Waals surface area contributed by atoms with E-state index in [2.05, 4.69) is 69.7 Å².